The molecule has 0 saturated carbocycles. The Balaban J connectivity index is 1.72. The molecular weight excluding hydrogens is 393 g/mol. The van der Waals surface area contributed by atoms with Crippen LogP contribution in [0.4, 0.5) is 5.00 Å². The first-order valence-electron chi connectivity index (χ1n) is 8.46. The Bertz CT molecular complexity index is 848. The van der Waals surface area contributed by atoms with Gasteiger partial charge in [-0.1, -0.05) is 29.3 Å². The molecule has 1 aromatic heterocycles. The molecule has 0 aliphatic heterocycles. The molecule has 0 unspecified atom stereocenters. The predicted molar refractivity (Wildman–Crippen MR) is 106 cm³/mol. The molecule has 7 heteroatoms. The molecule has 0 saturated heterocycles. The lowest BCUT2D eigenvalue weighted by Crippen LogP contribution is -2.15. The molecule has 3 rings (SSSR count). The van der Waals surface area contributed by atoms with Crippen molar-refractivity contribution in [1.29, 1.82) is 0 Å². The summed E-state index contributed by atoms with van der Waals surface area (Å²) in [6.45, 7) is 0. The molecule has 0 spiro atoms. The van der Waals surface area contributed by atoms with Crippen molar-refractivity contribution in [2.24, 2.45) is 0 Å². The minimum Gasteiger partial charge on any atom is -0.465 e. The number of carbonyl (C=O) groups is 2. The second-order valence-corrected chi connectivity index (χ2v) is 8.14. The summed E-state index contributed by atoms with van der Waals surface area (Å²) in [6.07, 6.45) is 4.73. The maximum atomic E-state index is 12.4. The number of fused-ring (bicyclic) bond motifs is 1. The van der Waals surface area contributed by atoms with Crippen molar-refractivity contribution in [1.82, 2.24) is 0 Å². The number of anilines is 1. The molecule has 1 heterocycles. The number of methoxy groups -OCH3 is 1. The fraction of sp³-hybridized carbons (Fsp3) is 0.368. The average Bonchev–Trinajstić information content (AvgIpc) is 2.98. The first-order chi connectivity index (χ1) is 12.5. The number of halogens is 2. The van der Waals surface area contributed by atoms with Gasteiger partial charge in [0.15, 0.2) is 0 Å². The molecule has 1 aromatic carbocycles. The molecule has 0 radical (unpaired) electrons. The lowest BCUT2D eigenvalue weighted by molar-refractivity contribution is -0.116. The Kier molecular flexibility index (Phi) is 6.22. The van der Waals surface area contributed by atoms with E-state index in [1.807, 2.05) is 6.07 Å². The molecule has 26 heavy (non-hydrogen) atoms. The molecule has 2 aromatic rings. The van der Waals surface area contributed by atoms with E-state index in [0.717, 1.165) is 36.8 Å². The minimum atomic E-state index is -0.388. The van der Waals surface area contributed by atoms with Gasteiger partial charge in [-0.25, -0.2) is 4.79 Å². The number of carbonyl (C=O) groups excluding carboxylic acids is 2. The monoisotopic (exact) mass is 411 g/mol. The fourth-order valence-electron chi connectivity index (χ4n) is 3.13. The molecule has 1 amide bonds. The molecule has 0 fully saturated rings. The highest BCUT2D eigenvalue weighted by Gasteiger charge is 2.26. The van der Waals surface area contributed by atoms with E-state index in [1.54, 1.807) is 12.1 Å². The summed E-state index contributed by atoms with van der Waals surface area (Å²) in [5.41, 5.74) is 2.42. The number of nitrogens with one attached hydrogen (secondary N) is 1. The van der Waals surface area contributed by atoms with Crippen LogP contribution in [-0.2, 0) is 28.8 Å². The number of amides is 1. The fourth-order valence-corrected chi connectivity index (χ4v) is 4.93. The van der Waals surface area contributed by atoms with Crippen LogP contribution in [0.15, 0.2) is 18.2 Å². The Morgan fingerprint density at radius 2 is 2.00 bits per heavy atom. The van der Waals surface area contributed by atoms with Crippen molar-refractivity contribution < 1.29 is 14.3 Å². The van der Waals surface area contributed by atoms with Gasteiger partial charge in [0.25, 0.3) is 0 Å². The number of thiophene rings is 1. The number of hydrogen-bond acceptors (Lipinski definition) is 4. The Morgan fingerprint density at radius 3 is 2.73 bits per heavy atom. The Morgan fingerprint density at radius 1 is 1.23 bits per heavy atom. The topological polar surface area (TPSA) is 55.4 Å². The largest absolute Gasteiger partial charge is 0.465 e. The van der Waals surface area contributed by atoms with Crippen molar-refractivity contribution >= 4 is 51.4 Å². The molecule has 0 bridgehead atoms. The van der Waals surface area contributed by atoms with Crippen LogP contribution in [0.5, 0.6) is 0 Å². The molecular formula is C19H19Cl2NO3S. The summed E-state index contributed by atoms with van der Waals surface area (Å²) < 4.78 is 4.93. The molecule has 1 aliphatic rings. The number of esters is 1. The third-order valence-corrected chi connectivity index (χ3v) is 6.24. The van der Waals surface area contributed by atoms with Crippen molar-refractivity contribution in [3.63, 3.8) is 0 Å². The van der Waals surface area contributed by atoms with E-state index in [2.05, 4.69) is 5.32 Å². The molecule has 0 atom stereocenters. The van der Waals surface area contributed by atoms with E-state index in [4.69, 9.17) is 27.9 Å². The van der Waals surface area contributed by atoms with Gasteiger partial charge in [-0.2, -0.15) is 0 Å². The van der Waals surface area contributed by atoms with Gasteiger partial charge >= 0.3 is 5.97 Å². The van der Waals surface area contributed by atoms with E-state index in [9.17, 15) is 9.59 Å². The van der Waals surface area contributed by atoms with Crippen LogP contribution in [-0.4, -0.2) is 19.0 Å². The third kappa shape index (κ3) is 4.22. The van der Waals surface area contributed by atoms with Crippen LogP contribution in [0.25, 0.3) is 0 Å². The van der Waals surface area contributed by atoms with Gasteiger partial charge in [-0.05, 0) is 55.4 Å². The normalized spacial score (nSPS) is 13.2. The number of hydrogen-bond donors (Lipinski definition) is 1. The van der Waals surface area contributed by atoms with Gasteiger partial charge in [0, 0.05) is 21.3 Å². The third-order valence-electron chi connectivity index (χ3n) is 4.45. The van der Waals surface area contributed by atoms with E-state index in [0.29, 0.717) is 27.0 Å². The van der Waals surface area contributed by atoms with E-state index >= 15 is 0 Å². The molecule has 1 N–H and O–H groups in total. The quantitative estimate of drug-likeness (QED) is 0.679. The summed E-state index contributed by atoms with van der Waals surface area (Å²) in [4.78, 5) is 25.8. The zero-order chi connectivity index (χ0) is 18.7. The Hall–Kier alpha value is -1.56. The van der Waals surface area contributed by atoms with Crippen molar-refractivity contribution in [3.05, 3.63) is 49.8 Å². The van der Waals surface area contributed by atoms with Crippen molar-refractivity contribution in [2.45, 2.75) is 38.5 Å². The predicted octanol–water partition coefficient (Wildman–Crippen LogP) is 5.29. The second-order valence-electron chi connectivity index (χ2n) is 6.19. The maximum Gasteiger partial charge on any atom is 0.341 e. The lowest BCUT2D eigenvalue weighted by Gasteiger charge is -2.11. The summed E-state index contributed by atoms with van der Waals surface area (Å²) >= 11 is 13.5. The summed E-state index contributed by atoms with van der Waals surface area (Å²) in [6, 6.07) is 5.24. The second kappa shape index (κ2) is 8.42. The zero-order valence-corrected chi connectivity index (χ0v) is 16.7. The highest BCUT2D eigenvalue weighted by molar-refractivity contribution is 7.17. The van der Waals surface area contributed by atoms with Crippen LogP contribution in [0.3, 0.4) is 0 Å². The van der Waals surface area contributed by atoms with Crippen LogP contribution in [0.1, 0.15) is 45.6 Å². The zero-order valence-electron chi connectivity index (χ0n) is 14.4. The first-order valence-corrected chi connectivity index (χ1v) is 10.0. The van der Waals surface area contributed by atoms with E-state index in [-0.39, 0.29) is 18.3 Å². The smallest absolute Gasteiger partial charge is 0.341 e. The molecule has 138 valence electrons. The summed E-state index contributed by atoms with van der Waals surface area (Å²) in [7, 11) is 1.36. The average molecular weight is 412 g/mol. The van der Waals surface area contributed by atoms with Gasteiger partial charge in [-0.3, -0.25) is 4.79 Å². The van der Waals surface area contributed by atoms with Gasteiger partial charge < -0.3 is 10.1 Å². The maximum absolute atomic E-state index is 12.4. The summed E-state index contributed by atoms with van der Waals surface area (Å²) in [5, 5.41) is 4.60. The van der Waals surface area contributed by atoms with Gasteiger partial charge in [0.1, 0.15) is 5.00 Å². The number of ether oxygens (including phenoxy) is 1. The Labute approximate surface area is 166 Å². The summed E-state index contributed by atoms with van der Waals surface area (Å²) in [5.74, 6) is -0.541. The number of benzene rings is 1. The van der Waals surface area contributed by atoms with Crippen LogP contribution in [0, 0.1) is 0 Å². The van der Waals surface area contributed by atoms with Crippen molar-refractivity contribution in [3.8, 4) is 0 Å². The number of aryl methyl sites for hydroxylation is 2. The minimum absolute atomic E-state index is 0.153. The van der Waals surface area contributed by atoms with Gasteiger partial charge in [0.2, 0.25) is 5.91 Å². The van der Waals surface area contributed by atoms with Crippen LogP contribution >= 0.6 is 34.5 Å². The highest BCUT2D eigenvalue weighted by atomic mass is 35.5. The molecule has 1 aliphatic carbocycles. The lowest BCUT2D eigenvalue weighted by atomic mass is 9.95. The van der Waals surface area contributed by atoms with Gasteiger partial charge in [0.05, 0.1) is 12.7 Å². The van der Waals surface area contributed by atoms with Gasteiger partial charge in [-0.15, -0.1) is 11.3 Å². The standard InChI is InChI=1S/C19H19Cl2NO3S/c1-25-19(24)17-13-4-2-3-5-15(13)26-18(17)22-16(23)9-7-11-6-8-12(20)10-14(11)21/h6,8,10H,2-5,7,9H2,1H3,(H,22,23). The first kappa shape index (κ1) is 19.2. The SMILES string of the molecule is COC(=O)c1c(NC(=O)CCc2ccc(Cl)cc2Cl)sc2c1CCCC2. The van der Waals surface area contributed by atoms with Crippen molar-refractivity contribution in [2.75, 3.05) is 12.4 Å². The highest BCUT2D eigenvalue weighted by Crippen LogP contribution is 2.38. The van der Waals surface area contributed by atoms with Crippen LogP contribution < -0.4 is 5.32 Å². The van der Waals surface area contributed by atoms with E-state index in [1.165, 1.54) is 23.3 Å². The molecule has 4 nitrogen and oxygen atoms in total. The van der Waals surface area contributed by atoms with E-state index < -0.39 is 0 Å². The van der Waals surface area contributed by atoms with Crippen LogP contribution in [0.2, 0.25) is 10.0 Å². The number of rotatable bonds is 5.